The summed E-state index contributed by atoms with van der Waals surface area (Å²) in [6, 6.07) is 10.5. The van der Waals surface area contributed by atoms with Gasteiger partial charge in [0.1, 0.15) is 0 Å². The quantitative estimate of drug-likeness (QED) is 0.477. The van der Waals surface area contributed by atoms with Crippen LogP contribution in [0.5, 0.6) is 0 Å². The highest BCUT2D eigenvalue weighted by molar-refractivity contribution is 6.00. The first-order chi connectivity index (χ1) is 11.8. The minimum Gasteiger partial charge on any atom is -0.211 e. The van der Waals surface area contributed by atoms with Crippen LogP contribution in [0.1, 0.15) is 0 Å². The normalized spacial score (nSPS) is 8.33. The molecule has 0 spiro atoms. The average molecular weight is 322 g/mol. The Morgan fingerprint density at radius 1 is 0.625 bits per heavy atom. The van der Waals surface area contributed by atoms with Gasteiger partial charge in [-0.25, -0.2) is 29.2 Å². The van der Waals surface area contributed by atoms with Crippen LogP contribution in [0.4, 0.5) is 11.4 Å². The van der Waals surface area contributed by atoms with E-state index in [1.54, 1.807) is 36.4 Å². The molecular weight excluding hydrogens is 312 g/mol. The van der Waals surface area contributed by atoms with Crippen LogP contribution >= 0.6 is 0 Å². The van der Waals surface area contributed by atoms with Gasteiger partial charge in [-0.3, -0.25) is 0 Å². The van der Waals surface area contributed by atoms with Crippen molar-refractivity contribution in [2.45, 2.75) is 0 Å². The Kier molecular flexibility index (Phi) is 8.28. The van der Waals surface area contributed by atoms with E-state index >= 15 is 0 Å². The topological polar surface area (TPSA) is 118 Å². The van der Waals surface area contributed by atoms with E-state index < -0.39 is 0 Å². The number of isocyanates is 4. The first-order valence-corrected chi connectivity index (χ1v) is 6.53. The molecule has 0 aliphatic carbocycles. The van der Waals surface area contributed by atoms with Crippen LogP contribution in [-0.2, 0) is 19.2 Å². The van der Waals surface area contributed by atoms with E-state index in [0.717, 1.165) is 10.8 Å². The summed E-state index contributed by atoms with van der Waals surface area (Å²) in [6.07, 6.45) is 5.61. The predicted molar refractivity (Wildman–Crippen MR) is 85.5 cm³/mol. The van der Waals surface area contributed by atoms with Crippen LogP contribution in [0.15, 0.2) is 56.4 Å². The fourth-order valence-electron chi connectivity index (χ4n) is 1.76. The third-order valence-electron chi connectivity index (χ3n) is 2.66. The lowest BCUT2D eigenvalue weighted by atomic mass is 10.1. The number of hydrogen-bond donors (Lipinski definition) is 0. The Morgan fingerprint density at radius 3 is 1.38 bits per heavy atom. The maximum atomic E-state index is 10.3. The van der Waals surface area contributed by atoms with Crippen LogP contribution in [-0.4, -0.2) is 37.4 Å². The Balaban J connectivity index is 0.000000307. The summed E-state index contributed by atoms with van der Waals surface area (Å²) < 4.78 is 0. The molecule has 0 aromatic heterocycles. The van der Waals surface area contributed by atoms with Gasteiger partial charge in [0.2, 0.25) is 24.3 Å². The number of hydrogen-bond acceptors (Lipinski definition) is 8. The van der Waals surface area contributed by atoms with Crippen molar-refractivity contribution in [1.29, 1.82) is 0 Å². The van der Waals surface area contributed by atoms with Gasteiger partial charge in [0.25, 0.3) is 0 Å². The summed E-state index contributed by atoms with van der Waals surface area (Å²) in [7, 11) is 0. The van der Waals surface area contributed by atoms with Crippen LogP contribution in [0.3, 0.4) is 0 Å². The van der Waals surface area contributed by atoms with Crippen molar-refractivity contribution < 1.29 is 19.2 Å². The van der Waals surface area contributed by atoms with Gasteiger partial charge in [-0.05, 0) is 12.1 Å². The second-order valence-electron chi connectivity index (χ2n) is 4.00. The molecule has 0 aliphatic rings. The second kappa shape index (κ2) is 10.9. The molecule has 24 heavy (non-hydrogen) atoms. The van der Waals surface area contributed by atoms with E-state index in [1.807, 2.05) is 0 Å². The van der Waals surface area contributed by atoms with Gasteiger partial charge < -0.3 is 0 Å². The summed E-state index contributed by atoms with van der Waals surface area (Å²) >= 11 is 0. The number of aliphatic imine (C=N–C) groups is 4. The standard InChI is InChI=1S/C12H6N2O2.C4H4N2O2/c15-7-13-11-5-1-3-9-10(11)4-2-6-12(9)14-8-16;7-3-5-1-2-6-4-8/h1-6H;1-2H2. The molecule has 2 rings (SSSR count). The fourth-order valence-corrected chi connectivity index (χ4v) is 1.76. The van der Waals surface area contributed by atoms with Gasteiger partial charge >= 0.3 is 0 Å². The molecule has 0 unspecified atom stereocenters. The minimum atomic E-state index is 0.221. The molecule has 0 amide bonds. The molecule has 0 radical (unpaired) electrons. The number of benzene rings is 2. The largest absolute Gasteiger partial charge is 0.240 e. The highest BCUT2D eigenvalue weighted by Gasteiger charge is 2.03. The van der Waals surface area contributed by atoms with Crippen LogP contribution in [0.25, 0.3) is 10.8 Å². The predicted octanol–water partition coefficient (Wildman–Crippen LogP) is 2.43. The Labute approximate surface area is 136 Å². The zero-order chi connectivity index (χ0) is 17.6. The van der Waals surface area contributed by atoms with E-state index in [9.17, 15) is 19.2 Å². The lowest BCUT2D eigenvalue weighted by Gasteiger charge is -2.02. The smallest absolute Gasteiger partial charge is 0.211 e. The summed E-state index contributed by atoms with van der Waals surface area (Å²) in [5.74, 6) is 0. The number of carbonyl (C=O) groups excluding carboxylic acids is 4. The first kappa shape index (κ1) is 18.3. The molecule has 0 saturated carbocycles. The van der Waals surface area contributed by atoms with Gasteiger partial charge in [0, 0.05) is 10.8 Å². The molecule has 2 aromatic rings. The zero-order valence-electron chi connectivity index (χ0n) is 12.3. The first-order valence-electron chi connectivity index (χ1n) is 6.53. The molecule has 8 heteroatoms. The lowest BCUT2D eigenvalue weighted by Crippen LogP contribution is -1.82. The Bertz CT molecular complexity index is 824. The zero-order valence-corrected chi connectivity index (χ0v) is 12.3. The van der Waals surface area contributed by atoms with Crippen molar-refractivity contribution in [3.63, 3.8) is 0 Å². The number of rotatable bonds is 5. The van der Waals surface area contributed by atoms with Crippen molar-refractivity contribution in [3.05, 3.63) is 36.4 Å². The lowest BCUT2D eigenvalue weighted by molar-refractivity contribution is 0.560. The molecule has 0 fully saturated rings. The van der Waals surface area contributed by atoms with Crippen molar-refractivity contribution in [2.75, 3.05) is 13.1 Å². The monoisotopic (exact) mass is 322 g/mol. The maximum Gasteiger partial charge on any atom is 0.240 e. The molecule has 0 aliphatic heterocycles. The van der Waals surface area contributed by atoms with Gasteiger partial charge in [0.15, 0.2) is 0 Å². The molecular formula is C16H10N4O4. The van der Waals surface area contributed by atoms with Crippen molar-refractivity contribution in [3.8, 4) is 0 Å². The van der Waals surface area contributed by atoms with Crippen molar-refractivity contribution >= 4 is 46.5 Å². The van der Waals surface area contributed by atoms with E-state index in [0.29, 0.717) is 11.4 Å². The second-order valence-corrected chi connectivity index (χ2v) is 4.00. The fraction of sp³-hybridized carbons (Fsp3) is 0.125. The SMILES string of the molecule is O=C=NCCN=C=O.O=C=Nc1cccc2c(N=C=O)cccc12. The Morgan fingerprint density at radius 2 is 1.04 bits per heavy atom. The number of fused-ring (bicyclic) bond motifs is 1. The van der Waals surface area contributed by atoms with Gasteiger partial charge in [0.05, 0.1) is 24.5 Å². The molecule has 0 atom stereocenters. The molecule has 0 heterocycles. The summed E-state index contributed by atoms with van der Waals surface area (Å²) in [5, 5.41) is 1.50. The van der Waals surface area contributed by atoms with Crippen LogP contribution in [0.2, 0.25) is 0 Å². The van der Waals surface area contributed by atoms with Gasteiger partial charge in [-0.15, -0.1) is 0 Å². The molecule has 118 valence electrons. The molecule has 2 aromatic carbocycles. The van der Waals surface area contributed by atoms with Crippen LogP contribution in [0, 0.1) is 0 Å². The van der Waals surface area contributed by atoms with Crippen molar-refractivity contribution in [1.82, 2.24) is 0 Å². The van der Waals surface area contributed by atoms with E-state index in [1.165, 1.54) is 24.3 Å². The molecule has 0 saturated heterocycles. The number of nitrogens with zero attached hydrogens (tertiary/aromatic N) is 4. The third-order valence-corrected chi connectivity index (χ3v) is 2.66. The third kappa shape index (κ3) is 5.54. The van der Waals surface area contributed by atoms with Crippen molar-refractivity contribution in [2.24, 2.45) is 20.0 Å². The van der Waals surface area contributed by atoms with E-state index in [-0.39, 0.29) is 13.1 Å². The summed E-state index contributed by atoms with van der Waals surface area (Å²) in [5.41, 5.74) is 1.02. The summed E-state index contributed by atoms with van der Waals surface area (Å²) in [6.45, 7) is 0.442. The highest BCUT2D eigenvalue weighted by Crippen LogP contribution is 2.31. The molecule has 8 nitrogen and oxygen atoms in total. The molecule has 0 N–H and O–H groups in total. The molecule has 0 bridgehead atoms. The van der Waals surface area contributed by atoms with E-state index in [2.05, 4.69) is 20.0 Å². The van der Waals surface area contributed by atoms with Gasteiger partial charge in [-0.2, -0.15) is 9.98 Å². The van der Waals surface area contributed by atoms with Gasteiger partial charge in [-0.1, -0.05) is 24.3 Å². The Hall–Kier alpha value is -3.78. The minimum absolute atomic E-state index is 0.221. The maximum absolute atomic E-state index is 10.3. The highest BCUT2D eigenvalue weighted by atomic mass is 16.1. The van der Waals surface area contributed by atoms with E-state index in [4.69, 9.17) is 0 Å². The van der Waals surface area contributed by atoms with Crippen LogP contribution < -0.4 is 0 Å². The average Bonchev–Trinajstić information content (AvgIpc) is 2.61. The summed E-state index contributed by atoms with van der Waals surface area (Å²) in [4.78, 5) is 52.6.